The maximum absolute atomic E-state index is 12.0. The monoisotopic (exact) mass is 382 g/mol. The SMILES string of the molecule is O=C1NNC(=O)[C@H]2[C@H]1[C@]1(Cl)C(Cl)=C(Cl)[C@]2(Cl)C1(Cl)Cl. The molecule has 2 fully saturated rings. The highest BCUT2D eigenvalue weighted by Gasteiger charge is 2.85. The van der Waals surface area contributed by atoms with Gasteiger partial charge in [0.15, 0.2) is 4.33 Å². The molecular formula is C9H4Cl6N2O2. The van der Waals surface area contributed by atoms with E-state index < -0.39 is 37.7 Å². The predicted octanol–water partition coefficient (Wildman–Crippen LogP) is 2.23. The number of allylic oxidation sites excluding steroid dienone is 2. The summed E-state index contributed by atoms with van der Waals surface area (Å²) in [6, 6.07) is 0. The van der Waals surface area contributed by atoms with Gasteiger partial charge in [-0.15, -0.1) is 23.2 Å². The Morgan fingerprint density at radius 1 is 0.789 bits per heavy atom. The van der Waals surface area contributed by atoms with Gasteiger partial charge in [0.25, 0.3) is 0 Å². The molecule has 104 valence electrons. The van der Waals surface area contributed by atoms with Gasteiger partial charge >= 0.3 is 0 Å². The van der Waals surface area contributed by atoms with Gasteiger partial charge in [-0.05, 0) is 0 Å². The number of hydrazine groups is 1. The van der Waals surface area contributed by atoms with E-state index in [0.29, 0.717) is 0 Å². The Kier molecular flexibility index (Phi) is 2.86. The molecule has 1 heterocycles. The molecule has 2 amide bonds. The summed E-state index contributed by atoms with van der Waals surface area (Å²) in [5, 5.41) is -0.219. The number of hydrogen-bond acceptors (Lipinski definition) is 2. The van der Waals surface area contributed by atoms with Crippen molar-refractivity contribution in [2.75, 3.05) is 0 Å². The van der Waals surface area contributed by atoms with Crippen molar-refractivity contribution in [2.24, 2.45) is 11.8 Å². The molecule has 0 aromatic heterocycles. The highest BCUT2D eigenvalue weighted by molar-refractivity contribution is 6.66. The van der Waals surface area contributed by atoms with Crippen molar-refractivity contribution in [3.8, 4) is 0 Å². The highest BCUT2D eigenvalue weighted by Crippen LogP contribution is 2.76. The Balaban J connectivity index is 2.35. The van der Waals surface area contributed by atoms with Gasteiger partial charge in [-0.3, -0.25) is 20.4 Å². The molecule has 1 aliphatic heterocycles. The van der Waals surface area contributed by atoms with Gasteiger partial charge in [-0.25, -0.2) is 0 Å². The molecule has 0 aromatic carbocycles. The molecule has 4 nitrogen and oxygen atoms in total. The molecule has 1 saturated heterocycles. The lowest BCUT2D eigenvalue weighted by Gasteiger charge is -2.37. The molecule has 0 unspecified atom stereocenters. The van der Waals surface area contributed by atoms with Crippen molar-refractivity contribution in [2.45, 2.75) is 14.1 Å². The number of nitrogens with one attached hydrogen (secondary N) is 2. The molecule has 2 aliphatic carbocycles. The summed E-state index contributed by atoms with van der Waals surface area (Å²) in [5.41, 5.74) is 4.36. The van der Waals surface area contributed by atoms with Crippen LogP contribution < -0.4 is 10.9 Å². The maximum Gasteiger partial charge on any atom is 0.244 e. The van der Waals surface area contributed by atoms with Gasteiger partial charge < -0.3 is 0 Å². The first-order chi connectivity index (χ1) is 8.61. The number of carbonyl (C=O) groups excluding carboxylic acids is 2. The Bertz CT molecular complexity index is 517. The third-order valence-electron chi connectivity index (χ3n) is 3.81. The zero-order chi connectivity index (χ0) is 14.4. The number of fused-ring (bicyclic) bond motifs is 5. The molecule has 2 N–H and O–H groups in total. The minimum absolute atomic E-state index is 0.109. The zero-order valence-electron chi connectivity index (χ0n) is 8.74. The van der Waals surface area contributed by atoms with E-state index in [2.05, 4.69) is 10.9 Å². The minimum atomic E-state index is -1.90. The van der Waals surface area contributed by atoms with Gasteiger partial charge in [0.2, 0.25) is 11.8 Å². The van der Waals surface area contributed by atoms with Crippen molar-refractivity contribution in [3.63, 3.8) is 0 Å². The summed E-state index contributed by atoms with van der Waals surface area (Å²) in [6.45, 7) is 0. The van der Waals surface area contributed by atoms with E-state index in [-0.39, 0.29) is 10.1 Å². The van der Waals surface area contributed by atoms with Gasteiger partial charge in [0.05, 0.1) is 21.9 Å². The first-order valence-corrected chi connectivity index (χ1v) is 7.30. The largest absolute Gasteiger partial charge is 0.273 e. The smallest absolute Gasteiger partial charge is 0.244 e. The molecule has 10 heteroatoms. The highest BCUT2D eigenvalue weighted by atomic mass is 35.5. The summed E-state index contributed by atoms with van der Waals surface area (Å²) in [4.78, 5) is 20.5. The Morgan fingerprint density at radius 3 is 1.42 bits per heavy atom. The van der Waals surface area contributed by atoms with Crippen LogP contribution in [-0.2, 0) is 9.59 Å². The van der Waals surface area contributed by atoms with Crippen LogP contribution in [0.3, 0.4) is 0 Å². The zero-order valence-corrected chi connectivity index (χ0v) is 13.3. The number of halogens is 6. The lowest BCUT2D eigenvalue weighted by molar-refractivity contribution is -0.143. The molecule has 0 radical (unpaired) electrons. The second-order valence-electron chi connectivity index (χ2n) is 4.56. The summed E-state index contributed by atoms with van der Waals surface area (Å²) >= 11 is 37.4. The van der Waals surface area contributed by atoms with Gasteiger partial charge in [-0.2, -0.15) is 0 Å². The summed E-state index contributed by atoms with van der Waals surface area (Å²) in [6.07, 6.45) is 0. The van der Waals surface area contributed by atoms with Crippen LogP contribution in [-0.4, -0.2) is 25.9 Å². The lowest BCUT2D eigenvalue weighted by atomic mass is 9.80. The summed E-state index contributed by atoms with van der Waals surface area (Å²) < 4.78 is -1.90. The number of rotatable bonds is 0. The fraction of sp³-hybridized carbons (Fsp3) is 0.556. The summed E-state index contributed by atoms with van der Waals surface area (Å²) in [5.74, 6) is -3.36. The average molecular weight is 385 g/mol. The standard InChI is InChI=1S/C9H4Cl6N2O2/c10-3-4(11)8(13)2-1(5(18)16-17-6(2)19)7(3,12)9(8,14)15/h1-2H,(H,16,18)(H,17,19)/t1-,2-,7+,8+/m1/s1. The summed E-state index contributed by atoms with van der Waals surface area (Å²) in [7, 11) is 0. The average Bonchev–Trinajstić information content (AvgIpc) is 2.55. The van der Waals surface area contributed by atoms with Crippen molar-refractivity contribution < 1.29 is 9.59 Å². The second kappa shape index (κ2) is 3.79. The number of amides is 2. The Labute approximate surface area is 137 Å². The normalized spacial score (nSPS) is 47.1. The Hall–Kier alpha value is 0.420. The first-order valence-electron chi connectivity index (χ1n) is 5.03. The van der Waals surface area contributed by atoms with Crippen LogP contribution in [0.5, 0.6) is 0 Å². The van der Waals surface area contributed by atoms with Crippen LogP contribution in [0.15, 0.2) is 10.1 Å². The molecule has 1 saturated carbocycles. The quantitative estimate of drug-likeness (QED) is 0.629. The van der Waals surface area contributed by atoms with Gasteiger partial charge in [-0.1, -0.05) is 46.4 Å². The Morgan fingerprint density at radius 2 is 1.11 bits per heavy atom. The fourth-order valence-corrected chi connectivity index (χ4v) is 5.87. The van der Waals surface area contributed by atoms with Crippen molar-refractivity contribution in [1.29, 1.82) is 0 Å². The molecule has 3 rings (SSSR count). The van der Waals surface area contributed by atoms with Crippen molar-refractivity contribution in [1.82, 2.24) is 10.9 Å². The second-order valence-corrected chi connectivity index (χ2v) is 7.84. The van der Waals surface area contributed by atoms with E-state index in [4.69, 9.17) is 69.6 Å². The van der Waals surface area contributed by atoms with Crippen molar-refractivity contribution in [3.05, 3.63) is 10.1 Å². The van der Waals surface area contributed by atoms with Crippen LogP contribution in [0.25, 0.3) is 0 Å². The number of hydrogen-bond donors (Lipinski definition) is 2. The molecule has 2 bridgehead atoms. The van der Waals surface area contributed by atoms with Crippen LogP contribution in [0.4, 0.5) is 0 Å². The first kappa shape index (κ1) is 14.4. The molecular weight excluding hydrogens is 381 g/mol. The van der Waals surface area contributed by atoms with E-state index in [1.165, 1.54) is 0 Å². The maximum atomic E-state index is 12.0. The number of carbonyl (C=O) groups is 2. The van der Waals surface area contributed by atoms with Gasteiger partial charge in [0.1, 0.15) is 9.75 Å². The van der Waals surface area contributed by atoms with Gasteiger partial charge in [0, 0.05) is 0 Å². The molecule has 0 aromatic rings. The van der Waals surface area contributed by atoms with Crippen LogP contribution in [0.2, 0.25) is 0 Å². The fourth-order valence-electron chi connectivity index (χ4n) is 2.93. The topological polar surface area (TPSA) is 58.2 Å². The van der Waals surface area contributed by atoms with E-state index in [0.717, 1.165) is 0 Å². The third kappa shape index (κ3) is 1.23. The predicted molar refractivity (Wildman–Crippen MR) is 73.6 cm³/mol. The molecule has 19 heavy (non-hydrogen) atoms. The molecule has 4 atom stereocenters. The van der Waals surface area contributed by atoms with E-state index in [9.17, 15) is 9.59 Å². The lowest BCUT2D eigenvalue weighted by Crippen LogP contribution is -2.62. The van der Waals surface area contributed by atoms with E-state index >= 15 is 0 Å². The van der Waals surface area contributed by atoms with E-state index in [1.54, 1.807) is 0 Å². The van der Waals surface area contributed by atoms with E-state index in [1.807, 2.05) is 0 Å². The molecule has 3 aliphatic rings. The van der Waals surface area contributed by atoms with Crippen LogP contribution >= 0.6 is 69.6 Å². The van der Waals surface area contributed by atoms with Crippen molar-refractivity contribution >= 4 is 81.4 Å². The third-order valence-corrected chi connectivity index (χ3v) is 8.07. The number of alkyl halides is 4. The van der Waals surface area contributed by atoms with Crippen LogP contribution in [0, 0.1) is 11.8 Å². The minimum Gasteiger partial charge on any atom is -0.273 e. The molecule has 0 spiro atoms. The van der Waals surface area contributed by atoms with Crippen LogP contribution in [0.1, 0.15) is 0 Å².